The molecule has 2 aliphatic heterocycles. The van der Waals surface area contributed by atoms with Crippen LogP contribution in [0.15, 0.2) is 81.2 Å². The number of aromatic nitrogens is 9. The van der Waals surface area contributed by atoms with Gasteiger partial charge in [-0.3, -0.25) is 23.4 Å². The number of aryl methyl sites for hydroxylation is 2. The lowest BCUT2D eigenvalue weighted by molar-refractivity contribution is -0.209. The largest absolute Gasteiger partial charge is 0.505 e. The minimum atomic E-state index is -4.98. The molecule has 15 nitrogen and oxygen atoms in total. The number of carbonyl (C=O) groups excluding carboxylic acids is 1. The molecule has 1 saturated heterocycles. The lowest BCUT2D eigenvalue weighted by atomic mass is 9.83. The minimum absolute atomic E-state index is 0.000477. The van der Waals surface area contributed by atoms with E-state index in [0.717, 1.165) is 61.6 Å². The smallest absolute Gasteiger partial charge is 0.376 e. The van der Waals surface area contributed by atoms with Crippen LogP contribution in [0, 0.1) is 31.4 Å². The number of alkyl halides is 5. The van der Waals surface area contributed by atoms with Crippen molar-refractivity contribution >= 4 is 27.7 Å². The molecule has 364 valence electrons. The highest BCUT2D eigenvalue weighted by Gasteiger charge is 2.60. The second-order valence-corrected chi connectivity index (χ2v) is 19.3. The number of hydrogen-bond donors (Lipinski definition) is 1. The SMILES string of the molecule is Cc1cc(-n2nc3c(c2-n2ccn(-c4ccc5c(cnn5C(F)(F)F)c4F)c2=O)[C@H](C)N(C(=O)c2cc4cc([C@H]5CCOC(C)(C)C5)ccc4n2[C@@]2(c4noc(=O)[nH]4)C[C@@H]2C)CC3(F)F)cc(C)c1F. The summed E-state index contributed by atoms with van der Waals surface area (Å²) in [4.78, 5) is 46.2. The summed E-state index contributed by atoms with van der Waals surface area (Å²) in [7, 11) is 0. The molecule has 70 heavy (non-hydrogen) atoms. The molecular formula is C48H43F7N10O5. The van der Waals surface area contributed by atoms with Crippen LogP contribution in [0.25, 0.3) is 39.0 Å². The van der Waals surface area contributed by atoms with E-state index in [-0.39, 0.29) is 61.8 Å². The first kappa shape index (κ1) is 45.2. The summed E-state index contributed by atoms with van der Waals surface area (Å²) in [5, 5.41) is 11.8. The number of H-pyrrole nitrogens is 1. The second kappa shape index (κ2) is 15.1. The molecule has 2 fully saturated rings. The predicted octanol–water partition coefficient (Wildman–Crippen LogP) is 8.93. The fourth-order valence-electron chi connectivity index (χ4n) is 10.8. The molecule has 1 saturated carbocycles. The zero-order valence-electron chi connectivity index (χ0n) is 38.3. The molecule has 1 aliphatic carbocycles. The molecule has 0 radical (unpaired) electrons. The third kappa shape index (κ3) is 6.72. The first-order valence-electron chi connectivity index (χ1n) is 22.5. The molecule has 22 heteroatoms. The summed E-state index contributed by atoms with van der Waals surface area (Å²) in [6, 6.07) is 10.8. The molecule has 1 amide bonds. The van der Waals surface area contributed by atoms with E-state index < -0.39 is 81.6 Å². The molecule has 0 unspecified atom stereocenters. The summed E-state index contributed by atoms with van der Waals surface area (Å²) in [5.74, 6) is -7.58. The van der Waals surface area contributed by atoms with Gasteiger partial charge >= 0.3 is 23.7 Å². The number of aromatic amines is 1. The molecule has 11 rings (SSSR count). The molecular weight excluding hydrogens is 930 g/mol. The number of nitrogens with one attached hydrogen (secondary N) is 1. The second-order valence-electron chi connectivity index (χ2n) is 19.3. The van der Waals surface area contributed by atoms with Gasteiger partial charge in [-0.05, 0) is 125 Å². The first-order chi connectivity index (χ1) is 33.0. The van der Waals surface area contributed by atoms with Crippen molar-refractivity contribution in [2.24, 2.45) is 5.92 Å². The van der Waals surface area contributed by atoms with Gasteiger partial charge in [0.05, 0.1) is 46.7 Å². The molecule has 1 N–H and O–H groups in total. The fourth-order valence-corrected chi connectivity index (χ4v) is 10.8. The molecule has 7 heterocycles. The van der Waals surface area contributed by atoms with Crippen molar-refractivity contribution in [1.29, 1.82) is 0 Å². The maximum atomic E-state index is 17.2. The van der Waals surface area contributed by atoms with Gasteiger partial charge in [-0.1, -0.05) is 18.1 Å². The zero-order chi connectivity index (χ0) is 49.7. The Morgan fingerprint density at radius 3 is 2.27 bits per heavy atom. The van der Waals surface area contributed by atoms with Crippen molar-refractivity contribution in [1.82, 2.24) is 48.3 Å². The van der Waals surface area contributed by atoms with Gasteiger partial charge in [0, 0.05) is 35.5 Å². The van der Waals surface area contributed by atoms with E-state index >= 15 is 22.4 Å². The highest BCUT2D eigenvalue weighted by Crippen LogP contribution is 2.56. The van der Waals surface area contributed by atoms with Crippen molar-refractivity contribution in [2.45, 2.75) is 96.1 Å². The Balaban J connectivity index is 1.08. The standard InChI is InChI=1S/C48H43F7N10O5/c1-23-15-30(16-24(2)37(23)49)64-40(61-13-12-60(44(61)68)34-10-9-33-31(38(34)50)21-56-65(33)48(53,54)55)36-26(4)62(22-47(51,52)39(36)58-64)41(66)35-18-29-17-27(28-11-14-69-45(5,6)20-28)7-8-32(29)63(35)46(19-25(46)3)42-57-43(67)70-59-42/h7-10,12-13,15-18,21,25-26,28H,11,14,19-20,22H2,1-6H3,(H,57,59,67)/t25-,26-,28-,46-/m0/s1. The van der Waals surface area contributed by atoms with Gasteiger partial charge in [-0.2, -0.15) is 23.7 Å². The highest BCUT2D eigenvalue weighted by atomic mass is 19.4. The van der Waals surface area contributed by atoms with E-state index in [4.69, 9.17) is 9.26 Å². The maximum absolute atomic E-state index is 17.2. The summed E-state index contributed by atoms with van der Waals surface area (Å²) in [6.07, 6.45) is -0.161. The van der Waals surface area contributed by atoms with Crippen LogP contribution < -0.4 is 11.4 Å². The Kier molecular flexibility index (Phi) is 9.78. The van der Waals surface area contributed by atoms with Gasteiger partial charge in [0.15, 0.2) is 11.6 Å². The van der Waals surface area contributed by atoms with Crippen molar-refractivity contribution in [3.8, 4) is 17.2 Å². The van der Waals surface area contributed by atoms with Crippen LogP contribution in [0.1, 0.15) is 103 Å². The predicted molar refractivity (Wildman–Crippen MR) is 238 cm³/mol. The number of rotatable bonds is 7. The third-order valence-electron chi connectivity index (χ3n) is 14.3. The highest BCUT2D eigenvalue weighted by molar-refractivity contribution is 6.00. The molecule has 0 spiro atoms. The van der Waals surface area contributed by atoms with E-state index in [1.165, 1.54) is 32.9 Å². The minimum Gasteiger partial charge on any atom is -0.376 e. The van der Waals surface area contributed by atoms with Gasteiger partial charge < -0.3 is 14.2 Å². The van der Waals surface area contributed by atoms with Gasteiger partial charge in [0.1, 0.15) is 28.6 Å². The lowest BCUT2D eigenvalue weighted by Gasteiger charge is -2.37. The molecule has 0 bridgehead atoms. The Morgan fingerprint density at radius 1 is 0.914 bits per heavy atom. The molecule has 4 atom stereocenters. The number of benzene rings is 3. The molecule has 3 aromatic carbocycles. The maximum Gasteiger partial charge on any atom is 0.505 e. The number of nitrogens with zero attached hydrogens (tertiary/aromatic N) is 9. The van der Waals surface area contributed by atoms with Crippen LogP contribution in [-0.2, 0) is 22.5 Å². The van der Waals surface area contributed by atoms with Crippen LogP contribution in [0.2, 0.25) is 0 Å². The summed E-state index contributed by atoms with van der Waals surface area (Å²) < 4.78 is 122. The van der Waals surface area contributed by atoms with E-state index in [2.05, 4.69) is 20.3 Å². The molecule has 5 aromatic heterocycles. The van der Waals surface area contributed by atoms with Gasteiger partial charge in [0.25, 0.3) is 5.91 Å². The lowest BCUT2D eigenvalue weighted by Crippen LogP contribution is -2.47. The van der Waals surface area contributed by atoms with Gasteiger partial charge in [-0.15, -0.1) is 13.2 Å². The molecule has 8 aromatic rings. The third-order valence-corrected chi connectivity index (χ3v) is 14.3. The number of amides is 1. The zero-order valence-corrected chi connectivity index (χ0v) is 38.3. The van der Waals surface area contributed by atoms with Crippen LogP contribution in [0.3, 0.4) is 0 Å². The number of hydrogen-bond acceptors (Lipinski definition) is 8. The van der Waals surface area contributed by atoms with Gasteiger partial charge in [0.2, 0.25) is 0 Å². The quantitative estimate of drug-likeness (QED) is 0.155. The Hall–Kier alpha value is -7.23. The van der Waals surface area contributed by atoms with E-state index in [9.17, 15) is 22.8 Å². The monoisotopic (exact) mass is 972 g/mol. The van der Waals surface area contributed by atoms with Crippen molar-refractivity contribution in [3.05, 3.63) is 139 Å². The summed E-state index contributed by atoms with van der Waals surface area (Å²) in [5.41, 5.74) is -2.81. The topological polar surface area (TPSA) is 156 Å². The van der Waals surface area contributed by atoms with E-state index in [1.807, 2.05) is 39.0 Å². The van der Waals surface area contributed by atoms with Crippen LogP contribution in [0.5, 0.6) is 0 Å². The van der Waals surface area contributed by atoms with E-state index in [1.54, 1.807) is 10.6 Å². The summed E-state index contributed by atoms with van der Waals surface area (Å²) in [6.45, 7) is 9.74. The van der Waals surface area contributed by atoms with Gasteiger partial charge in [-0.25, -0.2) is 23.1 Å². The number of ether oxygens (including phenoxy) is 1. The van der Waals surface area contributed by atoms with Crippen molar-refractivity contribution in [3.63, 3.8) is 0 Å². The molecule has 3 aliphatic rings. The number of fused-ring (bicyclic) bond motifs is 3. The Morgan fingerprint density at radius 2 is 1.61 bits per heavy atom. The van der Waals surface area contributed by atoms with Crippen molar-refractivity contribution in [2.75, 3.05) is 13.2 Å². The van der Waals surface area contributed by atoms with Crippen LogP contribution >= 0.6 is 0 Å². The normalized spacial score (nSPS) is 22.0. The summed E-state index contributed by atoms with van der Waals surface area (Å²) >= 11 is 0. The number of imidazole rings is 1. The average Bonchev–Trinajstić information content (AvgIpc) is 3.96. The number of carbonyl (C=O) groups is 1. The van der Waals surface area contributed by atoms with Crippen LogP contribution in [0.4, 0.5) is 30.7 Å². The average molecular weight is 973 g/mol. The number of halogens is 7. The Labute approximate surface area is 391 Å². The fraction of sp³-hybridized carbons (Fsp3) is 0.375. The van der Waals surface area contributed by atoms with E-state index in [0.29, 0.717) is 30.1 Å². The van der Waals surface area contributed by atoms with Crippen LogP contribution in [-0.4, -0.2) is 73.0 Å². The Bertz CT molecular complexity index is 3590. The van der Waals surface area contributed by atoms with Crippen molar-refractivity contribution < 1.29 is 44.8 Å². The first-order valence-corrected chi connectivity index (χ1v) is 22.5.